The van der Waals surface area contributed by atoms with Crippen molar-refractivity contribution < 1.29 is 77.9 Å². The van der Waals surface area contributed by atoms with Crippen LogP contribution < -0.4 is 0 Å². The van der Waals surface area contributed by atoms with Crippen LogP contribution in [0.4, 0.5) is 52.7 Å². The minimum absolute atomic E-state index is 1.10. The van der Waals surface area contributed by atoms with Crippen molar-refractivity contribution in [2.45, 2.75) is 49.8 Å². The van der Waals surface area contributed by atoms with Gasteiger partial charge in [-0.2, -0.15) is 69.5 Å². The van der Waals surface area contributed by atoms with Gasteiger partial charge in [-0.3, -0.25) is 0 Å². The zero-order valence-electron chi connectivity index (χ0n) is 13.8. The van der Waals surface area contributed by atoms with Gasteiger partial charge in [-0.25, -0.2) is 8.37 Å². The molecule has 182 valence electrons. The van der Waals surface area contributed by atoms with Crippen LogP contribution in [0.3, 0.4) is 0 Å². The fraction of sp³-hybridized carbons (Fsp3) is 1.00. The smallest absolute Gasteiger partial charge is 0.247 e. The highest BCUT2D eigenvalue weighted by atomic mass is 32.2. The lowest BCUT2D eigenvalue weighted by Crippen LogP contribution is -2.46. The summed E-state index contributed by atoms with van der Waals surface area (Å²) in [4.78, 5) is 0. The Hall–Kier alpha value is -1.02. The molecule has 0 spiro atoms. The molecule has 0 aromatic rings. The summed E-state index contributed by atoms with van der Waals surface area (Å²) in [6.45, 7) is 0. The largest absolute Gasteiger partial charge is 0.425 e. The second-order valence-electron chi connectivity index (χ2n) is 5.35. The van der Waals surface area contributed by atoms with Gasteiger partial charge in [0, 0.05) is 0 Å². The number of unbranched alkanes of at least 4 members (excludes halogenated alkanes) is 1. The zero-order chi connectivity index (χ0) is 24.4. The van der Waals surface area contributed by atoms with Crippen LogP contribution >= 0.6 is 0 Å². The van der Waals surface area contributed by atoms with Crippen LogP contribution in [0.5, 0.6) is 0 Å². The molecule has 0 rings (SSSR count). The van der Waals surface area contributed by atoms with Gasteiger partial charge in [0.25, 0.3) is 32.4 Å². The number of rotatable bonds is 9. The van der Waals surface area contributed by atoms with E-state index in [2.05, 4.69) is 8.37 Å². The molecule has 0 atom stereocenters. The summed E-state index contributed by atoms with van der Waals surface area (Å²) in [5, 5.41) is 0. The predicted octanol–water partition coefficient (Wildman–Crippen LogP) is 3.45. The molecule has 6 nitrogen and oxygen atoms in total. The van der Waals surface area contributed by atoms with Crippen molar-refractivity contribution in [3.05, 3.63) is 0 Å². The van der Waals surface area contributed by atoms with E-state index in [1.807, 2.05) is 0 Å². The van der Waals surface area contributed by atoms with E-state index in [1.54, 1.807) is 0 Å². The van der Waals surface area contributed by atoms with Crippen LogP contribution in [-0.2, 0) is 28.6 Å². The van der Waals surface area contributed by atoms with E-state index in [4.69, 9.17) is 0 Å². The number of hydrogen-bond donors (Lipinski definition) is 0. The fourth-order valence-electron chi connectivity index (χ4n) is 1.54. The van der Waals surface area contributed by atoms with Crippen LogP contribution in [0, 0.1) is 0 Å². The van der Waals surface area contributed by atoms with Crippen LogP contribution in [0.2, 0.25) is 0 Å². The Morgan fingerprint density at radius 1 is 0.500 bits per heavy atom. The van der Waals surface area contributed by atoms with Crippen LogP contribution in [0.15, 0.2) is 0 Å². The molecule has 0 unspecified atom stereocenters. The van der Waals surface area contributed by atoms with Crippen LogP contribution in [-0.4, -0.2) is 65.3 Å². The summed E-state index contributed by atoms with van der Waals surface area (Å²) in [6.07, 6.45) is -36.4. The number of alkyl halides is 12. The van der Waals surface area contributed by atoms with E-state index in [-0.39, 0.29) is 0 Å². The molecule has 0 aliphatic carbocycles. The lowest BCUT2D eigenvalue weighted by Gasteiger charge is -2.23. The molecule has 0 aliphatic rings. The molecular weight excluding hydrogens is 508 g/mol. The summed E-state index contributed by atoms with van der Waals surface area (Å²) in [7, 11) is -11.1. The van der Waals surface area contributed by atoms with Crippen molar-refractivity contribution in [2.24, 2.45) is 0 Å². The maximum atomic E-state index is 12.2. The molecule has 30 heavy (non-hydrogen) atoms. The van der Waals surface area contributed by atoms with E-state index in [0.29, 0.717) is 0 Å². The second-order valence-corrected chi connectivity index (χ2v) is 8.78. The van der Waals surface area contributed by atoms with Gasteiger partial charge in [-0.1, -0.05) is 0 Å². The molecule has 0 N–H and O–H groups in total. The Balaban J connectivity index is 4.97. The van der Waals surface area contributed by atoms with Gasteiger partial charge < -0.3 is 0 Å². The molecule has 0 radical (unpaired) electrons. The van der Waals surface area contributed by atoms with Crippen LogP contribution in [0.25, 0.3) is 0 Å². The van der Waals surface area contributed by atoms with Gasteiger partial charge in [0.05, 0.1) is 11.5 Å². The molecule has 0 heterocycles. The summed E-state index contributed by atoms with van der Waals surface area (Å²) in [5.41, 5.74) is 0. The fourth-order valence-corrected chi connectivity index (χ4v) is 3.87. The maximum Gasteiger partial charge on any atom is 0.425 e. The van der Waals surface area contributed by atoms with Crippen molar-refractivity contribution in [1.82, 2.24) is 0 Å². The Kier molecular flexibility index (Phi) is 8.91. The van der Waals surface area contributed by atoms with E-state index < -0.39 is 81.5 Å². The zero-order valence-corrected chi connectivity index (χ0v) is 15.4. The van der Waals surface area contributed by atoms with E-state index in [1.165, 1.54) is 0 Å². The SMILES string of the molecule is O=S(=O)(CCCCS(=O)(=O)OC(C(F)(F)F)C(F)(F)F)OC(C(F)(F)F)C(F)(F)F. The van der Waals surface area contributed by atoms with Gasteiger partial charge >= 0.3 is 24.7 Å². The maximum absolute atomic E-state index is 12.2. The molecular formula is C10H10F12O6S2. The number of halogens is 12. The highest BCUT2D eigenvalue weighted by molar-refractivity contribution is 7.87. The Labute approximate surface area is 160 Å². The first-order valence-electron chi connectivity index (χ1n) is 6.97. The predicted molar refractivity (Wildman–Crippen MR) is 70.8 cm³/mol. The molecule has 0 aliphatic heterocycles. The minimum atomic E-state index is -6.19. The first-order valence-corrected chi connectivity index (χ1v) is 10.1. The third-order valence-electron chi connectivity index (χ3n) is 2.71. The van der Waals surface area contributed by atoms with E-state index in [0.717, 1.165) is 0 Å². The monoisotopic (exact) mass is 518 g/mol. The van der Waals surface area contributed by atoms with Gasteiger partial charge in [0.15, 0.2) is 0 Å². The standard InChI is InChI=1S/C10H10F12O6S2/c11-7(12,13)5(8(14,15)16)27-29(23,24)3-1-2-4-30(25,26)28-6(9(17,18)19)10(20,21)22/h5-6H,1-4H2. The number of hydrogen-bond acceptors (Lipinski definition) is 6. The molecule has 0 aromatic carbocycles. The molecule has 0 saturated carbocycles. The van der Waals surface area contributed by atoms with Gasteiger partial charge in [-0.15, -0.1) is 0 Å². The average Bonchev–Trinajstić information content (AvgIpc) is 2.43. The van der Waals surface area contributed by atoms with Crippen molar-refractivity contribution in [2.75, 3.05) is 11.5 Å². The summed E-state index contributed by atoms with van der Waals surface area (Å²) in [6, 6.07) is 0. The van der Waals surface area contributed by atoms with Crippen molar-refractivity contribution in [3.8, 4) is 0 Å². The summed E-state index contributed by atoms with van der Waals surface area (Å²) < 4.78 is 197. The second kappa shape index (κ2) is 9.23. The molecule has 0 aromatic heterocycles. The third-order valence-corrected chi connectivity index (χ3v) is 5.26. The molecule has 0 bridgehead atoms. The quantitative estimate of drug-likeness (QED) is 0.264. The Bertz CT molecular complexity index is 667. The van der Waals surface area contributed by atoms with Crippen LogP contribution in [0.1, 0.15) is 12.8 Å². The Morgan fingerprint density at radius 3 is 0.867 bits per heavy atom. The highest BCUT2D eigenvalue weighted by Gasteiger charge is 2.61. The molecule has 20 heteroatoms. The van der Waals surface area contributed by atoms with Crippen molar-refractivity contribution in [3.63, 3.8) is 0 Å². The van der Waals surface area contributed by atoms with E-state index >= 15 is 0 Å². The van der Waals surface area contributed by atoms with Gasteiger partial charge in [0.1, 0.15) is 0 Å². The first kappa shape index (κ1) is 29.0. The van der Waals surface area contributed by atoms with Crippen molar-refractivity contribution >= 4 is 20.2 Å². The lowest BCUT2D eigenvalue weighted by atomic mass is 10.3. The topological polar surface area (TPSA) is 86.7 Å². The Morgan fingerprint density at radius 2 is 0.700 bits per heavy atom. The average molecular weight is 518 g/mol. The minimum Gasteiger partial charge on any atom is -0.247 e. The molecule has 0 saturated heterocycles. The van der Waals surface area contributed by atoms with Gasteiger partial charge in [-0.05, 0) is 12.8 Å². The molecule has 0 fully saturated rings. The van der Waals surface area contributed by atoms with E-state index in [9.17, 15) is 69.5 Å². The third kappa shape index (κ3) is 10.3. The van der Waals surface area contributed by atoms with Crippen molar-refractivity contribution in [1.29, 1.82) is 0 Å². The lowest BCUT2D eigenvalue weighted by molar-refractivity contribution is -0.300. The first-order chi connectivity index (χ1) is 12.9. The highest BCUT2D eigenvalue weighted by Crippen LogP contribution is 2.38. The van der Waals surface area contributed by atoms with Gasteiger partial charge in [0.2, 0.25) is 0 Å². The normalized spacial score (nSPS) is 15.3. The summed E-state index contributed by atoms with van der Waals surface area (Å²) >= 11 is 0. The summed E-state index contributed by atoms with van der Waals surface area (Å²) in [5.74, 6) is -3.32. The molecule has 0 amide bonds.